The highest BCUT2D eigenvalue weighted by Gasteiger charge is 2.36. The maximum atomic E-state index is 14.0. The van der Waals surface area contributed by atoms with Crippen molar-refractivity contribution in [2.75, 3.05) is 5.48 Å². The van der Waals surface area contributed by atoms with Crippen molar-refractivity contribution in [3.63, 3.8) is 0 Å². The minimum absolute atomic E-state index is 0.125. The van der Waals surface area contributed by atoms with E-state index in [9.17, 15) is 13.6 Å². The number of aromatic amines is 2. The lowest BCUT2D eigenvalue weighted by Crippen LogP contribution is -2.20. The van der Waals surface area contributed by atoms with Gasteiger partial charge in [-0.3, -0.25) is 20.2 Å². The third kappa shape index (κ3) is 2.54. The molecule has 0 radical (unpaired) electrons. The molecule has 0 aliphatic carbocycles. The van der Waals surface area contributed by atoms with Gasteiger partial charge in [0.2, 0.25) is 0 Å². The molecule has 8 nitrogen and oxygen atoms in total. The van der Waals surface area contributed by atoms with E-state index in [1.807, 2.05) is 0 Å². The van der Waals surface area contributed by atoms with Gasteiger partial charge in [0.15, 0.2) is 0 Å². The Bertz CT molecular complexity index is 1220. The average molecular weight is 382 g/mol. The normalized spacial score (nSPS) is 18.6. The van der Waals surface area contributed by atoms with E-state index in [1.165, 1.54) is 24.5 Å². The van der Waals surface area contributed by atoms with Crippen molar-refractivity contribution in [2.24, 2.45) is 0 Å². The lowest BCUT2D eigenvalue weighted by molar-refractivity contribution is 0.0858. The summed E-state index contributed by atoms with van der Waals surface area (Å²) >= 11 is 0. The van der Waals surface area contributed by atoms with Crippen molar-refractivity contribution in [1.29, 1.82) is 0 Å². The monoisotopic (exact) mass is 382 g/mol. The molecule has 5 rings (SSSR count). The number of H-pyrrole nitrogens is 2. The standard InChI is InChI=1S/C18H12F2N6O2/c19-9-3-1-8(2-4-9)16-14(17-21-7-22-24-17)15-13-11(18(27)25-23-15)5-10(20)6-12(13)26-28-16/h1-7,14,16,26H,(H,25,27)(H,21,22,24). The topological polar surface area (TPSA) is 109 Å². The fraction of sp³-hybridized carbons (Fsp3) is 0.111. The third-order valence-corrected chi connectivity index (χ3v) is 4.70. The molecule has 1 aliphatic rings. The summed E-state index contributed by atoms with van der Waals surface area (Å²) in [7, 11) is 0. The molecule has 0 amide bonds. The van der Waals surface area contributed by atoms with Crippen molar-refractivity contribution >= 4 is 16.5 Å². The van der Waals surface area contributed by atoms with Gasteiger partial charge in [-0.2, -0.15) is 10.2 Å². The summed E-state index contributed by atoms with van der Waals surface area (Å²) in [5.74, 6) is -1.20. The van der Waals surface area contributed by atoms with Crippen molar-refractivity contribution in [2.45, 2.75) is 12.0 Å². The average Bonchev–Trinajstić information content (AvgIpc) is 3.16. The van der Waals surface area contributed by atoms with Gasteiger partial charge in [0.1, 0.15) is 29.9 Å². The number of rotatable bonds is 2. The Morgan fingerprint density at radius 3 is 2.61 bits per heavy atom. The van der Waals surface area contributed by atoms with Gasteiger partial charge < -0.3 is 0 Å². The molecule has 2 aromatic carbocycles. The lowest BCUT2D eigenvalue weighted by atomic mass is 9.89. The van der Waals surface area contributed by atoms with Crippen molar-refractivity contribution in [3.8, 4) is 0 Å². The van der Waals surface area contributed by atoms with Gasteiger partial charge in [0, 0.05) is 5.39 Å². The predicted octanol–water partition coefficient (Wildman–Crippen LogP) is 2.55. The molecule has 2 unspecified atom stereocenters. The number of hydrogen-bond donors (Lipinski definition) is 3. The number of aromatic nitrogens is 5. The van der Waals surface area contributed by atoms with Crippen LogP contribution in [0.1, 0.15) is 29.1 Å². The molecule has 10 heteroatoms. The molecule has 4 aromatic rings. The Labute approximate surface area is 155 Å². The summed E-state index contributed by atoms with van der Waals surface area (Å²) < 4.78 is 27.5. The first-order valence-corrected chi connectivity index (χ1v) is 8.36. The van der Waals surface area contributed by atoms with Crippen LogP contribution in [0.3, 0.4) is 0 Å². The van der Waals surface area contributed by atoms with Gasteiger partial charge in [-0.05, 0) is 29.8 Å². The minimum Gasteiger partial charge on any atom is -0.267 e. The molecule has 140 valence electrons. The Kier molecular flexibility index (Phi) is 3.66. The zero-order chi connectivity index (χ0) is 19.3. The van der Waals surface area contributed by atoms with Crippen LogP contribution >= 0.6 is 0 Å². The van der Waals surface area contributed by atoms with Crippen molar-refractivity contribution in [1.82, 2.24) is 25.4 Å². The Morgan fingerprint density at radius 2 is 1.86 bits per heavy atom. The predicted molar refractivity (Wildman–Crippen MR) is 94.4 cm³/mol. The summed E-state index contributed by atoms with van der Waals surface area (Å²) in [4.78, 5) is 22.3. The second-order valence-electron chi connectivity index (χ2n) is 6.35. The van der Waals surface area contributed by atoms with Gasteiger partial charge in [-0.1, -0.05) is 12.1 Å². The maximum absolute atomic E-state index is 14.0. The zero-order valence-electron chi connectivity index (χ0n) is 14.1. The molecule has 3 heterocycles. The van der Waals surface area contributed by atoms with E-state index in [2.05, 4.69) is 30.9 Å². The fourth-order valence-electron chi connectivity index (χ4n) is 3.48. The first-order chi connectivity index (χ1) is 13.6. The fourth-order valence-corrected chi connectivity index (χ4v) is 3.48. The third-order valence-electron chi connectivity index (χ3n) is 4.70. The highest BCUT2D eigenvalue weighted by Crippen LogP contribution is 2.43. The van der Waals surface area contributed by atoms with Gasteiger partial charge in [0.25, 0.3) is 5.56 Å². The summed E-state index contributed by atoms with van der Waals surface area (Å²) in [6, 6.07) is 8.13. The maximum Gasteiger partial charge on any atom is 0.272 e. The second-order valence-corrected chi connectivity index (χ2v) is 6.35. The second kappa shape index (κ2) is 6.20. The van der Waals surface area contributed by atoms with E-state index >= 15 is 0 Å². The van der Waals surface area contributed by atoms with Gasteiger partial charge >= 0.3 is 0 Å². The molecule has 0 fully saturated rings. The van der Waals surface area contributed by atoms with Crippen LogP contribution in [-0.4, -0.2) is 25.4 Å². The van der Waals surface area contributed by atoms with E-state index in [-0.39, 0.29) is 11.1 Å². The number of halogens is 2. The molecule has 28 heavy (non-hydrogen) atoms. The van der Waals surface area contributed by atoms with Crippen LogP contribution in [0.5, 0.6) is 0 Å². The number of nitrogens with zero attached hydrogens (tertiary/aromatic N) is 3. The highest BCUT2D eigenvalue weighted by atomic mass is 19.1. The molecule has 2 aromatic heterocycles. The summed E-state index contributed by atoms with van der Waals surface area (Å²) in [5, 5.41) is 13.8. The van der Waals surface area contributed by atoms with Crippen LogP contribution in [0.4, 0.5) is 14.5 Å². The van der Waals surface area contributed by atoms with E-state index in [1.54, 1.807) is 12.1 Å². The van der Waals surface area contributed by atoms with Crippen LogP contribution < -0.4 is 11.0 Å². The highest BCUT2D eigenvalue weighted by molar-refractivity contribution is 5.95. The van der Waals surface area contributed by atoms with E-state index < -0.39 is 29.2 Å². The van der Waals surface area contributed by atoms with Crippen molar-refractivity contribution in [3.05, 3.63) is 81.8 Å². The number of benzene rings is 2. The van der Waals surface area contributed by atoms with E-state index in [4.69, 9.17) is 4.84 Å². The van der Waals surface area contributed by atoms with Gasteiger partial charge in [-0.15, -0.1) is 0 Å². The molecule has 2 atom stereocenters. The van der Waals surface area contributed by atoms with E-state index in [0.717, 1.165) is 6.07 Å². The molecule has 1 aliphatic heterocycles. The van der Waals surface area contributed by atoms with Crippen LogP contribution in [-0.2, 0) is 4.84 Å². The Balaban J connectivity index is 1.80. The van der Waals surface area contributed by atoms with Crippen molar-refractivity contribution < 1.29 is 13.6 Å². The number of hydrogen-bond acceptors (Lipinski definition) is 6. The SMILES string of the molecule is O=c1[nH]nc2c3c(cc(F)cc13)NOC(c1ccc(F)cc1)C2c1ncn[nH]1. The van der Waals surface area contributed by atoms with Crippen LogP contribution in [0.2, 0.25) is 0 Å². The van der Waals surface area contributed by atoms with E-state index in [0.29, 0.717) is 22.5 Å². The molecule has 0 spiro atoms. The number of nitrogens with one attached hydrogen (secondary N) is 3. The first-order valence-electron chi connectivity index (χ1n) is 8.36. The van der Waals surface area contributed by atoms with Gasteiger partial charge in [0.05, 0.1) is 22.7 Å². The van der Waals surface area contributed by atoms with Gasteiger partial charge in [-0.25, -0.2) is 18.9 Å². The quantitative estimate of drug-likeness (QED) is 0.492. The first kappa shape index (κ1) is 16.5. The summed E-state index contributed by atoms with van der Waals surface area (Å²) in [6.45, 7) is 0. The summed E-state index contributed by atoms with van der Waals surface area (Å²) in [6.07, 6.45) is 0.620. The zero-order valence-corrected chi connectivity index (χ0v) is 14.1. The largest absolute Gasteiger partial charge is 0.272 e. The lowest BCUT2D eigenvalue weighted by Gasteiger charge is -2.23. The Morgan fingerprint density at radius 1 is 1.04 bits per heavy atom. The molecule has 0 saturated heterocycles. The van der Waals surface area contributed by atoms with Crippen LogP contribution in [0.25, 0.3) is 10.8 Å². The van der Waals surface area contributed by atoms with Crippen LogP contribution in [0.15, 0.2) is 47.5 Å². The molecular weight excluding hydrogens is 370 g/mol. The Hall–Kier alpha value is -3.66. The minimum atomic E-state index is -0.717. The molecule has 0 bridgehead atoms. The molecular formula is C18H12F2N6O2. The number of anilines is 1. The molecule has 3 N–H and O–H groups in total. The van der Waals surface area contributed by atoms with Crippen LogP contribution in [0, 0.1) is 11.6 Å². The molecule has 0 saturated carbocycles. The smallest absolute Gasteiger partial charge is 0.267 e. The summed E-state index contributed by atoms with van der Waals surface area (Å²) in [5.41, 5.74) is 3.50.